The van der Waals surface area contributed by atoms with Gasteiger partial charge in [0.2, 0.25) is 0 Å². The van der Waals surface area contributed by atoms with Crippen LogP contribution in [0.3, 0.4) is 0 Å². The van der Waals surface area contributed by atoms with Crippen LogP contribution in [0, 0.1) is 5.92 Å². The van der Waals surface area contributed by atoms with Crippen LogP contribution in [0.5, 0.6) is 0 Å². The van der Waals surface area contributed by atoms with E-state index in [0.29, 0.717) is 37.7 Å². The van der Waals surface area contributed by atoms with Crippen LogP contribution < -0.4 is 11.1 Å². The number of piperidine rings is 1. The predicted molar refractivity (Wildman–Crippen MR) is 135 cm³/mol. The average Bonchev–Trinajstić information content (AvgIpc) is 2.86. The quantitative estimate of drug-likeness (QED) is 0.402. The average molecular weight is 496 g/mol. The number of ether oxygens (including phenoxy) is 2. The van der Waals surface area contributed by atoms with E-state index >= 15 is 0 Å². The molecule has 1 aromatic rings. The molecule has 4 atom stereocenters. The van der Waals surface area contributed by atoms with Gasteiger partial charge in [-0.3, -0.25) is 0 Å². The number of nitrogens with one attached hydrogen (secondary N) is 1. The number of nitrogens with two attached hydrogens (primary N) is 1. The molecule has 0 aliphatic carbocycles. The number of hydrogen-bond acceptors (Lipinski definition) is 5. The first kappa shape index (κ1) is 27.2. The Balaban J connectivity index is 1.66. The van der Waals surface area contributed by atoms with E-state index in [1.807, 2.05) is 29.2 Å². The Morgan fingerprint density at radius 2 is 2.21 bits per heavy atom. The summed E-state index contributed by atoms with van der Waals surface area (Å²) in [7, 11) is 1.69. The Morgan fingerprint density at radius 3 is 2.91 bits per heavy atom. The molecule has 2 heterocycles. The van der Waals surface area contributed by atoms with Crippen molar-refractivity contribution < 1.29 is 19.4 Å². The van der Waals surface area contributed by atoms with Gasteiger partial charge in [-0.05, 0) is 75.5 Å². The molecule has 2 amide bonds. The van der Waals surface area contributed by atoms with Gasteiger partial charge in [0.1, 0.15) is 0 Å². The number of aliphatic hydroxyl groups is 1. The summed E-state index contributed by atoms with van der Waals surface area (Å²) >= 11 is 6.28. The lowest BCUT2D eigenvalue weighted by Gasteiger charge is -2.43. The molecule has 2 fully saturated rings. The molecule has 34 heavy (non-hydrogen) atoms. The number of carbonyl (C=O) groups is 1. The van der Waals surface area contributed by atoms with Gasteiger partial charge < -0.3 is 30.5 Å². The Bertz CT molecular complexity index is 761. The van der Waals surface area contributed by atoms with Crippen molar-refractivity contribution in [1.29, 1.82) is 0 Å². The lowest BCUT2D eigenvalue weighted by Crippen LogP contribution is -2.54. The third kappa shape index (κ3) is 7.56. The Hall–Kier alpha value is -1.38. The number of carbonyl (C=O) groups excluding carboxylic acids is 1. The maximum absolute atomic E-state index is 13.2. The van der Waals surface area contributed by atoms with Crippen LogP contribution in [0.15, 0.2) is 24.3 Å². The summed E-state index contributed by atoms with van der Waals surface area (Å²) in [6.07, 6.45) is 8.19. The molecule has 192 valence electrons. The van der Waals surface area contributed by atoms with E-state index in [9.17, 15) is 9.90 Å². The molecule has 0 radical (unpaired) electrons. The van der Waals surface area contributed by atoms with Crippen molar-refractivity contribution in [3.8, 4) is 0 Å². The van der Waals surface area contributed by atoms with Gasteiger partial charge in [-0.15, -0.1) is 0 Å². The number of nitrogens with zero attached hydrogens (tertiary/aromatic N) is 1. The summed E-state index contributed by atoms with van der Waals surface area (Å²) in [6.45, 7) is 3.01. The normalized spacial score (nSPS) is 23.8. The zero-order chi connectivity index (χ0) is 24.4. The lowest BCUT2D eigenvalue weighted by atomic mass is 9.74. The van der Waals surface area contributed by atoms with Crippen LogP contribution >= 0.6 is 11.6 Å². The molecule has 4 N–H and O–H groups in total. The van der Waals surface area contributed by atoms with Crippen molar-refractivity contribution in [2.75, 3.05) is 40.0 Å². The zero-order valence-electron chi connectivity index (χ0n) is 20.5. The molecule has 7 nitrogen and oxygen atoms in total. The van der Waals surface area contributed by atoms with Crippen LogP contribution in [0.4, 0.5) is 4.79 Å². The predicted octanol–water partition coefficient (Wildman–Crippen LogP) is 4.05. The van der Waals surface area contributed by atoms with E-state index in [0.717, 1.165) is 63.5 Å². The smallest absolute Gasteiger partial charge is 0.317 e. The van der Waals surface area contributed by atoms with E-state index in [-0.39, 0.29) is 24.1 Å². The minimum absolute atomic E-state index is 0.0778. The molecule has 0 bridgehead atoms. The van der Waals surface area contributed by atoms with Gasteiger partial charge in [0, 0.05) is 56.9 Å². The maximum atomic E-state index is 13.2. The largest absolute Gasteiger partial charge is 0.385 e. The maximum Gasteiger partial charge on any atom is 0.317 e. The summed E-state index contributed by atoms with van der Waals surface area (Å²) in [5.41, 5.74) is 5.75. The van der Waals surface area contributed by atoms with Crippen LogP contribution in [0.25, 0.3) is 0 Å². The molecule has 1 unspecified atom stereocenters. The van der Waals surface area contributed by atoms with Crippen molar-refractivity contribution in [3.63, 3.8) is 0 Å². The number of urea groups is 1. The van der Waals surface area contributed by atoms with Crippen molar-refractivity contribution in [2.45, 2.75) is 75.5 Å². The first-order chi connectivity index (χ1) is 16.5. The van der Waals surface area contributed by atoms with Crippen LogP contribution in [0.2, 0.25) is 5.02 Å². The number of likely N-dealkylation sites (tertiary alicyclic amines) is 1. The van der Waals surface area contributed by atoms with E-state index in [2.05, 4.69) is 5.32 Å². The molecule has 8 heteroatoms. The summed E-state index contributed by atoms with van der Waals surface area (Å²) in [4.78, 5) is 15.0. The van der Waals surface area contributed by atoms with Gasteiger partial charge in [0.25, 0.3) is 0 Å². The number of amides is 2. The van der Waals surface area contributed by atoms with Gasteiger partial charge in [-0.25, -0.2) is 4.79 Å². The third-order valence-corrected chi connectivity index (χ3v) is 7.53. The molecular formula is C26H42ClN3O4. The molecule has 2 saturated heterocycles. The monoisotopic (exact) mass is 495 g/mol. The number of halogens is 1. The number of hydrogen-bond donors (Lipinski definition) is 3. The number of unbranched alkanes of at least 4 members (excludes halogenated alkanes) is 1. The zero-order valence-corrected chi connectivity index (χ0v) is 21.3. The topological polar surface area (TPSA) is 97.1 Å². The van der Waals surface area contributed by atoms with Crippen molar-refractivity contribution in [1.82, 2.24) is 10.2 Å². The van der Waals surface area contributed by atoms with Gasteiger partial charge in [0.05, 0.1) is 11.7 Å². The fourth-order valence-corrected chi connectivity index (χ4v) is 5.52. The molecule has 2 aliphatic rings. The van der Waals surface area contributed by atoms with Crippen molar-refractivity contribution in [2.24, 2.45) is 11.7 Å². The van der Waals surface area contributed by atoms with Crippen LogP contribution in [-0.4, -0.2) is 68.1 Å². The molecule has 0 aromatic heterocycles. The Kier molecular flexibility index (Phi) is 10.9. The fraction of sp³-hybridized carbons (Fsp3) is 0.731. The molecule has 0 saturated carbocycles. The summed E-state index contributed by atoms with van der Waals surface area (Å²) in [5.74, 6) is -0.0778. The minimum Gasteiger partial charge on any atom is -0.385 e. The summed E-state index contributed by atoms with van der Waals surface area (Å²) < 4.78 is 11.0. The van der Waals surface area contributed by atoms with E-state index in [1.54, 1.807) is 7.11 Å². The van der Waals surface area contributed by atoms with Gasteiger partial charge in [-0.1, -0.05) is 23.7 Å². The highest BCUT2D eigenvalue weighted by Gasteiger charge is 2.41. The van der Waals surface area contributed by atoms with Crippen LogP contribution in [0.1, 0.15) is 63.4 Å². The second-order valence-electron chi connectivity index (χ2n) is 9.78. The number of benzene rings is 1. The minimum atomic E-state index is -1.05. The Morgan fingerprint density at radius 1 is 1.35 bits per heavy atom. The van der Waals surface area contributed by atoms with E-state index in [4.69, 9.17) is 26.8 Å². The molecule has 2 aliphatic heterocycles. The lowest BCUT2D eigenvalue weighted by molar-refractivity contribution is -0.0564. The van der Waals surface area contributed by atoms with E-state index in [1.165, 1.54) is 0 Å². The molecular weight excluding hydrogens is 454 g/mol. The highest BCUT2D eigenvalue weighted by atomic mass is 35.5. The van der Waals surface area contributed by atoms with Gasteiger partial charge >= 0.3 is 6.03 Å². The second kappa shape index (κ2) is 13.6. The van der Waals surface area contributed by atoms with Gasteiger partial charge in [-0.2, -0.15) is 0 Å². The standard InChI is InChI=1S/C26H42ClN3O4/c1-33-14-5-3-12-26(32,20-8-6-10-22(27)16-20)21-9-7-13-30(19-21)25(31)29-23(18-28)17-24-11-2-4-15-34-24/h6,8,10,16,21,23-24,32H,2-5,7,9,11-15,17-19,28H2,1H3,(H,29,31)/t21-,23+,24?,26-/m1/s1. The first-order valence-corrected chi connectivity index (χ1v) is 13.2. The van der Waals surface area contributed by atoms with Crippen molar-refractivity contribution >= 4 is 17.6 Å². The number of rotatable bonds is 11. The third-order valence-electron chi connectivity index (χ3n) is 7.30. The molecule has 1 aromatic carbocycles. The molecule has 3 rings (SSSR count). The highest BCUT2D eigenvalue weighted by Crippen LogP contribution is 2.40. The van der Waals surface area contributed by atoms with E-state index < -0.39 is 5.60 Å². The number of methoxy groups -OCH3 is 1. The second-order valence-corrected chi connectivity index (χ2v) is 10.2. The molecule has 0 spiro atoms. The fourth-order valence-electron chi connectivity index (χ4n) is 5.32. The Labute approximate surface area is 209 Å². The highest BCUT2D eigenvalue weighted by molar-refractivity contribution is 6.30. The SMILES string of the molecule is COCCCC[C@@](O)(c1cccc(Cl)c1)[C@@H]1CCCN(C(=O)N[C@H](CN)CC2CCCCO2)C1. The summed E-state index contributed by atoms with van der Waals surface area (Å²) in [5, 5.41) is 15.7. The van der Waals surface area contributed by atoms with Gasteiger partial charge in [0.15, 0.2) is 0 Å². The van der Waals surface area contributed by atoms with Crippen LogP contribution in [-0.2, 0) is 15.1 Å². The van der Waals surface area contributed by atoms with Crippen molar-refractivity contribution in [3.05, 3.63) is 34.9 Å². The summed E-state index contributed by atoms with van der Waals surface area (Å²) in [6, 6.07) is 7.27. The first-order valence-electron chi connectivity index (χ1n) is 12.8.